The monoisotopic (exact) mass is 232 g/mol. The Balaban J connectivity index is 2.47. The van der Waals surface area contributed by atoms with Crippen molar-refractivity contribution >= 4 is 0 Å². The highest BCUT2D eigenvalue weighted by molar-refractivity contribution is 5.61. The maximum absolute atomic E-state index is 12.0. The van der Waals surface area contributed by atoms with Crippen molar-refractivity contribution in [3.8, 4) is 11.3 Å². The summed E-state index contributed by atoms with van der Waals surface area (Å²) in [7, 11) is 3.61. The van der Waals surface area contributed by atoms with Crippen LogP contribution in [0.25, 0.3) is 11.3 Å². The normalized spacial score (nSPS) is 10.7. The molecule has 17 heavy (non-hydrogen) atoms. The molecule has 2 aromatic heterocycles. The first-order valence-electron chi connectivity index (χ1n) is 5.57. The minimum atomic E-state index is 0.0343. The molecule has 0 bridgehead atoms. The number of rotatable bonds is 4. The molecule has 90 valence electrons. The Hall–Kier alpha value is -1.88. The van der Waals surface area contributed by atoms with Crippen molar-refractivity contribution < 1.29 is 0 Å². The molecule has 0 aliphatic carbocycles. The Kier molecular flexibility index (Phi) is 3.39. The molecule has 5 heteroatoms. The van der Waals surface area contributed by atoms with Gasteiger partial charge in [0.1, 0.15) is 0 Å². The molecule has 0 aromatic carbocycles. The van der Waals surface area contributed by atoms with Crippen LogP contribution in [0.2, 0.25) is 0 Å². The van der Waals surface area contributed by atoms with E-state index < -0.39 is 0 Å². The highest BCUT2D eigenvalue weighted by Crippen LogP contribution is 2.18. The zero-order valence-corrected chi connectivity index (χ0v) is 10.0. The molecule has 0 unspecified atom stereocenters. The van der Waals surface area contributed by atoms with E-state index in [4.69, 9.17) is 0 Å². The van der Waals surface area contributed by atoms with Gasteiger partial charge in [0.25, 0.3) is 5.56 Å². The predicted octanol–water partition coefficient (Wildman–Crippen LogP) is 0.537. The van der Waals surface area contributed by atoms with Gasteiger partial charge in [-0.3, -0.25) is 19.6 Å². The van der Waals surface area contributed by atoms with E-state index in [9.17, 15) is 4.79 Å². The Morgan fingerprint density at radius 3 is 2.76 bits per heavy atom. The number of aryl methyl sites for hydroxylation is 1. The molecular weight excluding hydrogens is 216 g/mol. The third-order valence-electron chi connectivity index (χ3n) is 2.74. The number of nitrogens with zero attached hydrogens (tertiary/aromatic N) is 2. The van der Waals surface area contributed by atoms with Crippen LogP contribution in [0, 0.1) is 0 Å². The minimum Gasteiger partial charge on any atom is -0.319 e. The molecule has 0 atom stereocenters. The smallest absolute Gasteiger partial charge is 0.270 e. The van der Waals surface area contributed by atoms with Gasteiger partial charge in [0, 0.05) is 30.6 Å². The molecule has 2 aromatic rings. The molecule has 0 aliphatic rings. The van der Waals surface area contributed by atoms with E-state index in [0.717, 1.165) is 23.4 Å². The third kappa shape index (κ3) is 2.29. The fourth-order valence-corrected chi connectivity index (χ4v) is 1.83. The summed E-state index contributed by atoms with van der Waals surface area (Å²) in [5.74, 6) is 0. The fraction of sp³-hybridized carbons (Fsp3) is 0.333. The van der Waals surface area contributed by atoms with Crippen LogP contribution < -0.4 is 10.9 Å². The van der Waals surface area contributed by atoms with Crippen LogP contribution >= 0.6 is 0 Å². The van der Waals surface area contributed by atoms with Crippen LogP contribution in [0.4, 0.5) is 0 Å². The van der Waals surface area contributed by atoms with Gasteiger partial charge >= 0.3 is 0 Å². The molecular formula is C12H16N4O. The minimum absolute atomic E-state index is 0.0343. The zero-order chi connectivity index (χ0) is 12.3. The summed E-state index contributed by atoms with van der Waals surface area (Å²) >= 11 is 0. The van der Waals surface area contributed by atoms with Gasteiger partial charge in [-0.25, -0.2) is 0 Å². The number of aromatic amines is 1. The standard InChI is InChI=1S/C12H16N4O/c1-13-6-5-10-11(15-16(2)12(10)17)9-3-7-14-8-4-9/h3-4,7-8,13,15H,5-6H2,1-2H3. The average Bonchev–Trinajstić information content (AvgIpc) is 2.65. The Labute approximate surface area is 99.5 Å². The highest BCUT2D eigenvalue weighted by atomic mass is 16.1. The second-order valence-corrected chi connectivity index (χ2v) is 3.92. The average molecular weight is 232 g/mol. The highest BCUT2D eigenvalue weighted by Gasteiger charge is 2.13. The Bertz CT molecular complexity index is 541. The molecule has 0 spiro atoms. The number of hydrogen-bond donors (Lipinski definition) is 2. The fourth-order valence-electron chi connectivity index (χ4n) is 1.83. The lowest BCUT2D eigenvalue weighted by Crippen LogP contribution is -2.19. The van der Waals surface area contributed by atoms with Crippen molar-refractivity contribution in [2.24, 2.45) is 7.05 Å². The van der Waals surface area contributed by atoms with Gasteiger partial charge in [0.05, 0.1) is 5.69 Å². The van der Waals surface area contributed by atoms with Gasteiger partial charge in [-0.1, -0.05) is 0 Å². The molecule has 0 amide bonds. The number of likely N-dealkylation sites (N-methyl/N-ethyl adjacent to an activating group) is 1. The van der Waals surface area contributed by atoms with Gasteiger partial charge in [-0.2, -0.15) is 0 Å². The number of nitrogens with one attached hydrogen (secondary N) is 2. The third-order valence-corrected chi connectivity index (χ3v) is 2.74. The quantitative estimate of drug-likeness (QED) is 0.808. The molecule has 0 radical (unpaired) electrons. The summed E-state index contributed by atoms with van der Waals surface area (Å²) in [4.78, 5) is 15.9. The van der Waals surface area contributed by atoms with Crippen molar-refractivity contribution in [3.05, 3.63) is 40.4 Å². The van der Waals surface area contributed by atoms with E-state index in [0.29, 0.717) is 6.42 Å². The Morgan fingerprint density at radius 1 is 1.41 bits per heavy atom. The van der Waals surface area contributed by atoms with E-state index in [1.165, 1.54) is 4.68 Å². The van der Waals surface area contributed by atoms with Crippen molar-refractivity contribution in [3.63, 3.8) is 0 Å². The largest absolute Gasteiger partial charge is 0.319 e. The lowest BCUT2D eigenvalue weighted by molar-refractivity contribution is 0.734. The predicted molar refractivity (Wildman–Crippen MR) is 66.9 cm³/mol. The molecule has 0 aliphatic heterocycles. The van der Waals surface area contributed by atoms with E-state index >= 15 is 0 Å². The number of H-pyrrole nitrogens is 1. The first kappa shape index (κ1) is 11.6. The Morgan fingerprint density at radius 2 is 2.12 bits per heavy atom. The van der Waals surface area contributed by atoms with E-state index in [1.54, 1.807) is 19.4 Å². The molecule has 0 saturated carbocycles. The maximum atomic E-state index is 12.0. The van der Waals surface area contributed by atoms with Gasteiger partial charge in [0.15, 0.2) is 0 Å². The summed E-state index contributed by atoms with van der Waals surface area (Å²) in [6.07, 6.45) is 4.16. The zero-order valence-electron chi connectivity index (χ0n) is 10.0. The molecule has 2 rings (SSSR count). The van der Waals surface area contributed by atoms with Gasteiger partial charge in [-0.05, 0) is 32.1 Å². The number of pyridine rings is 1. The second-order valence-electron chi connectivity index (χ2n) is 3.92. The van der Waals surface area contributed by atoms with Crippen LogP contribution in [0.3, 0.4) is 0 Å². The molecule has 5 nitrogen and oxygen atoms in total. The molecule has 2 heterocycles. The summed E-state index contributed by atoms with van der Waals surface area (Å²) < 4.78 is 1.51. The summed E-state index contributed by atoms with van der Waals surface area (Å²) in [6.45, 7) is 0.783. The summed E-state index contributed by atoms with van der Waals surface area (Å²) in [5, 5.41) is 6.14. The van der Waals surface area contributed by atoms with Crippen LogP contribution in [-0.4, -0.2) is 28.4 Å². The van der Waals surface area contributed by atoms with Gasteiger partial charge in [0.2, 0.25) is 0 Å². The van der Waals surface area contributed by atoms with Crippen LogP contribution in [0.5, 0.6) is 0 Å². The van der Waals surface area contributed by atoms with Gasteiger partial charge < -0.3 is 5.32 Å². The van der Waals surface area contributed by atoms with Crippen molar-refractivity contribution in [1.29, 1.82) is 0 Å². The van der Waals surface area contributed by atoms with E-state index in [2.05, 4.69) is 15.4 Å². The second kappa shape index (κ2) is 4.97. The number of hydrogen-bond acceptors (Lipinski definition) is 3. The van der Waals surface area contributed by atoms with Crippen molar-refractivity contribution in [2.75, 3.05) is 13.6 Å². The lowest BCUT2D eigenvalue weighted by atomic mass is 10.1. The summed E-state index contributed by atoms with van der Waals surface area (Å²) in [6, 6.07) is 3.79. The molecule has 2 N–H and O–H groups in total. The van der Waals surface area contributed by atoms with Crippen LogP contribution in [-0.2, 0) is 13.5 Å². The SMILES string of the molecule is CNCCc1c(-c2ccncc2)[nH]n(C)c1=O. The van der Waals surface area contributed by atoms with Crippen LogP contribution in [0.15, 0.2) is 29.3 Å². The topological polar surface area (TPSA) is 62.7 Å². The first-order chi connectivity index (χ1) is 8.24. The van der Waals surface area contributed by atoms with Crippen molar-refractivity contribution in [2.45, 2.75) is 6.42 Å². The molecule has 0 fully saturated rings. The van der Waals surface area contributed by atoms with E-state index in [1.807, 2.05) is 19.2 Å². The lowest BCUT2D eigenvalue weighted by Gasteiger charge is -2.01. The first-order valence-corrected chi connectivity index (χ1v) is 5.57. The van der Waals surface area contributed by atoms with Crippen molar-refractivity contribution in [1.82, 2.24) is 20.1 Å². The maximum Gasteiger partial charge on any atom is 0.270 e. The molecule has 0 saturated heterocycles. The van der Waals surface area contributed by atoms with Gasteiger partial charge in [-0.15, -0.1) is 0 Å². The van der Waals surface area contributed by atoms with E-state index in [-0.39, 0.29) is 5.56 Å². The number of aromatic nitrogens is 3. The summed E-state index contributed by atoms with van der Waals surface area (Å²) in [5.41, 5.74) is 2.72. The van der Waals surface area contributed by atoms with Crippen LogP contribution in [0.1, 0.15) is 5.56 Å².